The number of Topliss-reactive ketones (excluding diaryl/α,β-unsaturated/α-hetero) is 3. The summed E-state index contributed by atoms with van der Waals surface area (Å²) in [5.41, 5.74) is 5.03. The molecule has 0 aromatic rings. The van der Waals surface area contributed by atoms with E-state index in [0.717, 1.165) is 0 Å². The molecule has 19 heavy (non-hydrogen) atoms. The van der Waals surface area contributed by atoms with Crippen molar-refractivity contribution in [3.05, 3.63) is 0 Å². The van der Waals surface area contributed by atoms with E-state index in [4.69, 9.17) is 5.73 Å². The first-order valence-corrected chi connectivity index (χ1v) is 6.90. The molecule has 0 fully saturated rings. The minimum absolute atomic E-state index is 0.0968. The third kappa shape index (κ3) is 4.86. The van der Waals surface area contributed by atoms with Crippen LogP contribution in [-0.4, -0.2) is 23.4 Å². The van der Waals surface area contributed by atoms with Crippen LogP contribution in [0.4, 0.5) is 0 Å². The Labute approximate surface area is 116 Å². The van der Waals surface area contributed by atoms with Crippen molar-refractivity contribution in [1.82, 2.24) is 0 Å². The lowest BCUT2D eigenvalue weighted by molar-refractivity contribution is -0.141. The summed E-state index contributed by atoms with van der Waals surface area (Å²) in [7, 11) is 0. The second kappa shape index (κ2) is 6.94. The van der Waals surface area contributed by atoms with E-state index < -0.39 is 17.3 Å². The van der Waals surface area contributed by atoms with Gasteiger partial charge in [0.2, 0.25) is 0 Å². The molecule has 0 heterocycles. The Balaban J connectivity index is 4.83. The SMILES string of the molecule is CCC(C)(C)C(=O)C(C)C(=O)C(C)C(=O)CC(C)N. The summed E-state index contributed by atoms with van der Waals surface area (Å²) in [6, 6.07) is -0.263. The van der Waals surface area contributed by atoms with Crippen LogP contribution in [0.3, 0.4) is 0 Å². The number of carbonyl (C=O) groups excluding carboxylic acids is 3. The van der Waals surface area contributed by atoms with Gasteiger partial charge in [0.1, 0.15) is 11.6 Å². The average Bonchev–Trinajstić information content (AvgIpc) is 2.34. The van der Waals surface area contributed by atoms with E-state index in [9.17, 15) is 14.4 Å². The van der Waals surface area contributed by atoms with Crippen molar-refractivity contribution < 1.29 is 14.4 Å². The largest absolute Gasteiger partial charge is 0.328 e. The van der Waals surface area contributed by atoms with Crippen molar-refractivity contribution in [2.75, 3.05) is 0 Å². The van der Waals surface area contributed by atoms with Crippen LogP contribution in [0.2, 0.25) is 0 Å². The third-order valence-electron chi connectivity index (χ3n) is 3.80. The predicted octanol–water partition coefficient (Wildman–Crippen LogP) is 2.14. The van der Waals surface area contributed by atoms with Gasteiger partial charge in [-0.3, -0.25) is 14.4 Å². The minimum Gasteiger partial charge on any atom is -0.328 e. The fourth-order valence-electron chi connectivity index (χ4n) is 1.92. The Hall–Kier alpha value is -1.03. The van der Waals surface area contributed by atoms with E-state index >= 15 is 0 Å². The highest BCUT2D eigenvalue weighted by Crippen LogP contribution is 2.27. The Morgan fingerprint density at radius 2 is 1.53 bits per heavy atom. The normalized spacial score (nSPS) is 16.6. The van der Waals surface area contributed by atoms with Crippen molar-refractivity contribution in [3.63, 3.8) is 0 Å². The molecule has 0 spiro atoms. The van der Waals surface area contributed by atoms with Crippen LogP contribution in [0, 0.1) is 17.3 Å². The number of carbonyl (C=O) groups is 3. The first-order chi connectivity index (χ1) is 8.54. The monoisotopic (exact) mass is 269 g/mol. The maximum atomic E-state index is 12.2. The molecule has 0 saturated heterocycles. The van der Waals surface area contributed by atoms with Gasteiger partial charge >= 0.3 is 0 Å². The van der Waals surface area contributed by atoms with Gasteiger partial charge in [0.15, 0.2) is 5.78 Å². The lowest BCUT2D eigenvalue weighted by Crippen LogP contribution is -2.38. The molecule has 0 rings (SSSR count). The van der Waals surface area contributed by atoms with Gasteiger partial charge in [-0.15, -0.1) is 0 Å². The number of nitrogens with two attached hydrogens (primary N) is 1. The summed E-state index contributed by atoms with van der Waals surface area (Å²) in [6.45, 7) is 10.5. The molecular formula is C15H27NO3. The number of ketones is 3. The molecule has 0 aliphatic heterocycles. The van der Waals surface area contributed by atoms with Gasteiger partial charge in [-0.1, -0.05) is 20.8 Å². The van der Waals surface area contributed by atoms with Crippen molar-refractivity contribution in [2.45, 2.75) is 60.4 Å². The van der Waals surface area contributed by atoms with Gasteiger partial charge < -0.3 is 5.73 Å². The lowest BCUT2D eigenvalue weighted by atomic mass is 9.76. The van der Waals surface area contributed by atoms with Gasteiger partial charge in [-0.05, 0) is 27.2 Å². The maximum absolute atomic E-state index is 12.2. The molecule has 0 amide bonds. The zero-order valence-corrected chi connectivity index (χ0v) is 12.9. The highest BCUT2D eigenvalue weighted by atomic mass is 16.2. The van der Waals surface area contributed by atoms with E-state index in [2.05, 4.69) is 0 Å². The molecule has 0 aliphatic rings. The second-order valence-electron chi connectivity index (χ2n) is 6.10. The molecule has 0 radical (unpaired) electrons. The number of hydrogen-bond donors (Lipinski definition) is 1. The highest BCUT2D eigenvalue weighted by molar-refractivity contribution is 6.12. The van der Waals surface area contributed by atoms with Gasteiger partial charge in [0.05, 0.1) is 11.8 Å². The zero-order chi connectivity index (χ0) is 15.4. The van der Waals surface area contributed by atoms with E-state index in [-0.39, 0.29) is 29.8 Å². The van der Waals surface area contributed by atoms with Crippen molar-refractivity contribution >= 4 is 17.3 Å². The van der Waals surface area contributed by atoms with Crippen LogP contribution in [0.25, 0.3) is 0 Å². The number of hydrogen-bond acceptors (Lipinski definition) is 4. The molecule has 0 aromatic heterocycles. The molecule has 2 N–H and O–H groups in total. The van der Waals surface area contributed by atoms with Crippen molar-refractivity contribution in [3.8, 4) is 0 Å². The summed E-state index contributed by atoms with van der Waals surface area (Å²) >= 11 is 0. The number of rotatable bonds is 8. The van der Waals surface area contributed by atoms with E-state index in [1.54, 1.807) is 20.8 Å². The first-order valence-electron chi connectivity index (χ1n) is 6.90. The highest BCUT2D eigenvalue weighted by Gasteiger charge is 2.36. The summed E-state index contributed by atoms with van der Waals surface area (Å²) < 4.78 is 0. The van der Waals surface area contributed by atoms with Crippen LogP contribution in [0.1, 0.15) is 54.4 Å². The molecule has 0 aromatic carbocycles. The van der Waals surface area contributed by atoms with Crippen LogP contribution >= 0.6 is 0 Å². The third-order valence-corrected chi connectivity index (χ3v) is 3.80. The summed E-state index contributed by atoms with van der Waals surface area (Å²) in [6.07, 6.45) is 0.844. The molecule has 0 aliphatic carbocycles. The standard InChI is InChI=1S/C15H27NO3/c1-7-15(5,6)14(19)11(4)13(18)10(3)12(17)8-9(2)16/h9-11H,7-8,16H2,1-6H3. The predicted molar refractivity (Wildman–Crippen MR) is 75.7 cm³/mol. The Morgan fingerprint density at radius 3 is 1.89 bits per heavy atom. The van der Waals surface area contributed by atoms with Gasteiger partial charge in [0.25, 0.3) is 0 Å². The Morgan fingerprint density at radius 1 is 1.05 bits per heavy atom. The molecular weight excluding hydrogens is 242 g/mol. The molecule has 3 unspecified atom stereocenters. The average molecular weight is 269 g/mol. The summed E-state index contributed by atoms with van der Waals surface area (Å²) in [4.78, 5) is 36.2. The molecule has 0 saturated carbocycles. The van der Waals surface area contributed by atoms with Gasteiger partial charge in [0, 0.05) is 17.9 Å². The smallest absolute Gasteiger partial charge is 0.153 e. The second-order valence-corrected chi connectivity index (χ2v) is 6.10. The van der Waals surface area contributed by atoms with Gasteiger partial charge in [-0.25, -0.2) is 0 Å². The van der Waals surface area contributed by atoms with Crippen LogP contribution in [0.15, 0.2) is 0 Å². The molecule has 4 nitrogen and oxygen atoms in total. The van der Waals surface area contributed by atoms with Crippen molar-refractivity contribution in [2.24, 2.45) is 23.0 Å². The van der Waals surface area contributed by atoms with Crippen molar-refractivity contribution in [1.29, 1.82) is 0 Å². The van der Waals surface area contributed by atoms with Crippen LogP contribution in [-0.2, 0) is 14.4 Å². The quantitative estimate of drug-likeness (QED) is 0.685. The molecule has 3 atom stereocenters. The minimum atomic E-state index is -0.752. The fraction of sp³-hybridized carbons (Fsp3) is 0.800. The Kier molecular flexibility index (Phi) is 6.57. The van der Waals surface area contributed by atoms with E-state index in [0.29, 0.717) is 6.42 Å². The van der Waals surface area contributed by atoms with E-state index in [1.807, 2.05) is 20.8 Å². The molecule has 0 bridgehead atoms. The van der Waals surface area contributed by atoms with Gasteiger partial charge in [-0.2, -0.15) is 0 Å². The van der Waals surface area contributed by atoms with Crippen LogP contribution < -0.4 is 5.73 Å². The zero-order valence-electron chi connectivity index (χ0n) is 12.9. The summed E-state index contributed by atoms with van der Waals surface area (Å²) in [5, 5.41) is 0. The summed E-state index contributed by atoms with van der Waals surface area (Å²) in [5.74, 6) is -2.06. The van der Waals surface area contributed by atoms with E-state index in [1.165, 1.54) is 0 Å². The van der Waals surface area contributed by atoms with Crippen LogP contribution in [0.5, 0.6) is 0 Å². The fourth-order valence-corrected chi connectivity index (χ4v) is 1.92. The Bertz CT molecular complexity index is 358. The lowest BCUT2D eigenvalue weighted by Gasteiger charge is -2.25. The molecule has 110 valence electrons. The molecule has 4 heteroatoms. The topological polar surface area (TPSA) is 77.2 Å². The first kappa shape index (κ1) is 18.0. The maximum Gasteiger partial charge on any atom is 0.153 e.